The second-order valence-corrected chi connectivity index (χ2v) is 6.01. The second-order valence-electron chi connectivity index (χ2n) is 5.03. The van der Waals surface area contributed by atoms with Crippen molar-refractivity contribution in [3.63, 3.8) is 0 Å². The van der Waals surface area contributed by atoms with Gasteiger partial charge >= 0.3 is 0 Å². The van der Waals surface area contributed by atoms with Gasteiger partial charge in [0.25, 0.3) is 0 Å². The predicted octanol–water partition coefficient (Wildman–Crippen LogP) is 4.77. The molecule has 1 aromatic heterocycles. The zero-order valence-corrected chi connectivity index (χ0v) is 11.4. The summed E-state index contributed by atoms with van der Waals surface area (Å²) in [7, 11) is 0. The fourth-order valence-electron chi connectivity index (χ4n) is 2.80. The number of benzene rings is 1. The van der Waals surface area contributed by atoms with Crippen molar-refractivity contribution in [3.05, 3.63) is 58.3 Å². The average Bonchev–Trinajstić information content (AvgIpc) is 2.93. The van der Waals surface area contributed by atoms with E-state index in [1.807, 2.05) is 0 Å². The summed E-state index contributed by atoms with van der Waals surface area (Å²) >= 11 is 1.80. The molecule has 2 heterocycles. The number of hydrogen-bond donors (Lipinski definition) is 0. The molecule has 1 aliphatic heterocycles. The summed E-state index contributed by atoms with van der Waals surface area (Å²) in [6, 6.07) is 15.1. The van der Waals surface area contributed by atoms with Crippen LogP contribution in [0.5, 0.6) is 0 Å². The Labute approximate surface area is 112 Å². The standard InChI is InChI=1S/C16H18OS/c1-12-10-14(13-6-3-2-4-7-13)11-15(17-12)16-8-5-9-18-16/h2-9,12,14-15H,10-11H2,1H3/t12-,14+,15+/m0/s1. The van der Waals surface area contributed by atoms with E-state index in [4.69, 9.17) is 4.74 Å². The molecular formula is C16H18OS. The molecule has 3 rings (SSSR count). The van der Waals surface area contributed by atoms with Crippen molar-refractivity contribution in [2.75, 3.05) is 0 Å². The highest BCUT2D eigenvalue weighted by Crippen LogP contribution is 2.41. The molecule has 2 aromatic rings. The minimum Gasteiger partial charge on any atom is -0.370 e. The van der Waals surface area contributed by atoms with Crippen molar-refractivity contribution in [2.45, 2.75) is 37.9 Å². The quantitative estimate of drug-likeness (QED) is 0.753. The van der Waals surface area contributed by atoms with Gasteiger partial charge in [-0.1, -0.05) is 36.4 Å². The fraction of sp³-hybridized carbons (Fsp3) is 0.375. The molecule has 94 valence electrons. The summed E-state index contributed by atoms with van der Waals surface area (Å²) < 4.78 is 6.09. The molecule has 1 saturated heterocycles. The van der Waals surface area contributed by atoms with Crippen LogP contribution in [0.4, 0.5) is 0 Å². The zero-order chi connectivity index (χ0) is 12.4. The van der Waals surface area contributed by atoms with Crippen LogP contribution in [0.1, 0.15) is 42.2 Å². The van der Waals surface area contributed by atoms with E-state index in [2.05, 4.69) is 54.8 Å². The molecule has 0 saturated carbocycles. The normalized spacial score (nSPS) is 28.2. The lowest BCUT2D eigenvalue weighted by molar-refractivity contribution is -0.0482. The summed E-state index contributed by atoms with van der Waals surface area (Å²) in [5.74, 6) is 0.627. The molecule has 0 bridgehead atoms. The first kappa shape index (κ1) is 11.9. The lowest BCUT2D eigenvalue weighted by atomic mass is 9.86. The van der Waals surface area contributed by atoms with Crippen LogP contribution in [-0.2, 0) is 4.74 Å². The van der Waals surface area contributed by atoms with Gasteiger partial charge in [0, 0.05) is 4.88 Å². The SMILES string of the molecule is C[C@H]1C[C@@H](c2ccccc2)C[C@H](c2cccs2)O1. The van der Waals surface area contributed by atoms with Crippen LogP contribution in [0.25, 0.3) is 0 Å². The van der Waals surface area contributed by atoms with Crippen LogP contribution in [0, 0.1) is 0 Å². The van der Waals surface area contributed by atoms with E-state index in [0.717, 1.165) is 12.8 Å². The summed E-state index contributed by atoms with van der Waals surface area (Å²) in [6.45, 7) is 2.19. The third-order valence-corrected chi connectivity index (χ3v) is 4.61. The van der Waals surface area contributed by atoms with Crippen LogP contribution in [0.2, 0.25) is 0 Å². The maximum Gasteiger partial charge on any atom is 0.0926 e. The van der Waals surface area contributed by atoms with Gasteiger partial charge in [-0.05, 0) is 42.7 Å². The Bertz CT molecular complexity index is 477. The molecule has 1 nitrogen and oxygen atoms in total. The van der Waals surface area contributed by atoms with E-state index in [1.165, 1.54) is 10.4 Å². The fourth-order valence-corrected chi connectivity index (χ4v) is 3.58. The van der Waals surface area contributed by atoms with E-state index in [1.54, 1.807) is 11.3 Å². The Morgan fingerprint density at radius 2 is 1.89 bits per heavy atom. The van der Waals surface area contributed by atoms with E-state index in [0.29, 0.717) is 12.0 Å². The van der Waals surface area contributed by atoms with Gasteiger partial charge in [0.05, 0.1) is 12.2 Å². The Balaban J connectivity index is 1.81. The van der Waals surface area contributed by atoms with Crippen LogP contribution >= 0.6 is 11.3 Å². The summed E-state index contributed by atoms with van der Waals surface area (Å²) in [5.41, 5.74) is 1.45. The van der Waals surface area contributed by atoms with Gasteiger partial charge in [-0.25, -0.2) is 0 Å². The van der Waals surface area contributed by atoms with Gasteiger partial charge in [-0.15, -0.1) is 11.3 Å². The Hall–Kier alpha value is -1.12. The van der Waals surface area contributed by atoms with Gasteiger partial charge in [0.1, 0.15) is 0 Å². The molecule has 0 radical (unpaired) electrons. The monoisotopic (exact) mass is 258 g/mol. The maximum absolute atomic E-state index is 6.09. The molecule has 0 unspecified atom stereocenters. The van der Waals surface area contributed by atoms with Gasteiger partial charge in [-0.3, -0.25) is 0 Å². The van der Waals surface area contributed by atoms with E-state index in [-0.39, 0.29) is 6.10 Å². The lowest BCUT2D eigenvalue weighted by Gasteiger charge is -2.33. The minimum absolute atomic E-state index is 0.277. The van der Waals surface area contributed by atoms with Crippen molar-refractivity contribution >= 4 is 11.3 Å². The molecule has 0 spiro atoms. The number of rotatable bonds is 2. The molecule has 0 amide bonds. The summed E-state index contributed by atoms with van der Waals surface area (Å²) in [4.78, 5) is 1.36. The topological polar surface area (TPSA) is 9.23 Å². The van der Waals surface area contributed by atoms with Gasteiger partial charge in [0.2, 0.25) is 0 Å². The third-order valence-electron chi connectivity index (χ3n) is 3.64. The number of thiophene rings is 1. The number of hydrogen-bond acceptors (Lipinski definition) is 2. The van der Waals surface area contributed by atoms with Crippen molar-refractivity contribution in [3.8, 4) is 0 Å². The first-order valence-electron chi connectivity index (χ1n) is 6.56. The lowest BCUT2D eigenvalue weighted by Crippen LogP contribution is -2.24. The molecule has 1 aliphatic rings. The van der Waals surface area contributed by atoms with Crippen LogP contribution < -0.4 is 0 Å². The van der Waals surface area contributed by atoms with Crippen LogP contribution in [0.3, 0.4) is 0 Å². The van der Waals surface area contributed by atoms with Crippen LogP contribution in [0.15, 0.2) is 47.8 Å². The van der Waals surface area contributed by atoms with Crippen LogP contribution in [-0.4, -0.2) is 6.10 Å². The minimum atomic E-state index is 0.277. The Morgan fingerprint density at radius 1 is 1.06 bits per heavy atom. The molecule has 2 heteroatoms. The molecule has 0 N–H and O–H groups in total. The predicted molar refractivity (Wildman–Crippen MR) is 76.0 cm³/mol. The van der Waals surface area contributed by atoms with Crippen molar-refractivity contribution in [1.29, 1.82) is 0 Å². The number of ether oxygens (including phenoxy) is 1. The van der Waals surface area contributed by atoms with Crippen molar-refractivity contribution < 1.29 is 4.74 Å². The maximum atomic E-state index is 6.09. The van der Waals surface area contributed by atoms with Gasteiger partial charge in [0.15, 0.2) is 0 Å². The zero-order valence-electron chi connectivity index (χ0n) is 10.6. The Kier molecular flexibility index (Phi) is 3.48. The van der Waals surface area contributed by atoms with E-state index in [9.17, 15) is 0 Å². The second kappa shape index (κ2) is 5.25. The molecule has 0 aliphatic carbocycles. The molecular weight excluding hydrogens is 240 g/mol. The highest BCUT2D eigenvalue weighted by Gasteiger charge is 2.29. The highest BCUT2D eigenvalue weighted by atomic mass is 32.1. The highest BCUT2D eigenvalue weighted by molar-refractivity contribution is 7.10. The smallest absolute Gasteiger partial charge is 0.0926 e. The van der Waals surface area contributed by atoms with Gasteiger partial charge in [-0.2, -0.15) is 0 Å². The van der Waals surface area contributed by atoms with Crippen molar-refractivity contribution in [1.82, 2.24) is 0 Å². The Morgan fingerprint density at radius 3 is 2.61 bits per heavy atom. The largest absolute Gasteiger partial charge is 0.370 e. The average molecular weight is 258 g/mol. The molecule has 3 atom stereocenters. The van der Waals surface area contributed by atoms with Gasteiger partial charge < -0.3 is 4.74 Å². The van der Waals surface area contributed by atoms with E-state index >= 15 is 0 Å². The summed E-state index contributed by atoms with van der Waals surface area (Å²) in [6.07, 6.45) is 2.86. The summed E-state index contributed by atoms with van der Waals surface area (Å²) in [5, 5.41) is 2.13. The van der Waals surface area contributed by atoms with Crippen molar-refractivity contribution in [2.24, 2.45) is 0 Å². The van der Waals surface area contributed by atoms with E-state index < -0.39 is 0 Å². The molecule has 1 aromatic carbocycles. The molecule has 18 heavy (non-hydrogen) atoms. The first-order chi connectivity index (χ1) is 8.83. The third kappa shape index (κ3) is 2.50. The molecule has 1 fully saturated rings. The first-order valence-corrected chi connectivity index (χ1v) is 7.44.